The molecule has 0 unspecified atom stereocenters. The summed E-state index contributed by atoms with van der Waals surface area (Å²) in [4.78, 5) is 42.3. The van der Waals surface area contributed by atoms with E-state index in [-0.39, 0.29) is 37.9 Å². The van der Waals surface area contributed by atoms with Gasteiger partial charge in [-0.15, -0.1) is 6.58 Å². The summed E-state index contributed by atoms with van der Waals surface area (Å²) in [6, 6.07) is 6.00. The van der Waals surface area contributed by atoms with E-state index in [0.717, 1.165) is 0 Å². The monoisotopic (exact) mass is 444 g/mol. The Morgan fingerprint density at radius 2 is 2.09 bits per heavy atom. The second-order valence-corrected chi connectivity index (χ2v) is 8.44. The van der Waals surface area contributed by atoms with E-state index < -0.39 is 35.6 Å². The molecular formula is C23H28N2O7. The fourth-order valence-corrected chi connectivity index (χ4v) is 5.56. The lowest BCUT2D eigenvalue weighted by Crippen LogP contribution is -2.56. The first-order valence-electron chi connectivity index (χ1n) is 10.8. The number of nitrogens with zero attached hydrogens (tertiary/aromatic N) is 2. The second-order valence-electron chi connectivity index (χ2n) is 8.44. The minimum Gasteiger partial charge on any atom is -0.497 e. The summed E-state index contributed by atoms with van der Waals surface area (Å²) in [6.07, 6.45) is 2.23. The van der Waals surface area contributed by atoms with Gasteiger partial charge in [-0.05, 0) is 43.5 Å². The predicted molar refractivity (Wildman–Crippen MR) is 114 cm³/mol. The molecule has 9 nitrogen and oxygen atoms in total. The number of aliphatic carboxylic acids is 1. The Morgan fingerprint density at radius 1 is 1.38 bits per heavy atom. The van der Waals surface area contributed by atoms with Crippen molar-refractivity contribution in [3.8, 4) is 5.75 Å². The number of aliphatic hydroxyl groups excluding tert-OH is 1. The van der Waals surface area contributed by atoms with Crippen molar-refractivity contribution in [2.24, 2.45) is 11.8 Å². The topological polar surface area (TPSA) is 117 Å². The maximum atomic E-state index is 14.0. The maximum Gasteiger partial charge on any atom is 0.310 e. The minimum atomic E-state index is -1.18. The molecule has 3 aliphatic heterocycles. The van der Waals surface area contributed by atoms with Crippen molar-refractivity contribution in [2.75, 3.05) is 31.7 Å². The van der Waals surface area contributed by atoms with Crippen molar-refractivity contribution in [1.29, 1.82) is 0 Å². The lowest BCUT2D eigenvalue weighted by Gasteiger charge is -2.36. The second kappa shape index (κ2) is 8.55. The lowest BCUT2D eigenvalue weighted by molar-refractivity contribution is -0.149. The largest absolute Gasteiger partial charge is 0.497 e. The van der Waals surface area contributed by atoms with Crippen LogP contribution in [0, 0.1) is 11.8 Å². The number of hydrogen-bond acceptors (Lipinski definition) is 6. The Kier molecular flexibility index (Phi) is 5.96. The normalized spacial score (nSPS) is 30.3. The first kappa shape index (κ1) is 22.3. The average Bonchev–Trinajstić information content (AvgIpc) is 3.43. The van der Waals surface area contributed by atoms with Crippen LogP contribution in [0.1, 0.15) is 19.3 Å². The van der Waals surface area contributed by atoms with Gasteiger partial charge in [-0.25, -0.2) is 0 Å². The molecule has 4 rings (SSSR count). The molecule has 1 aromatic rings. The van der Waals surface area contributed by atoms with Crippen molar-refractivity contribution in [2.45, 2.75) is 37.0 Å². The van der Waals surface area contributed by atoms with Crippen LogP contribution in [0.3, 0.4) is 0 Å². The predicted octanol–water partition coefficient (Wildman–Crippen LogP) is 1.06. The molecule has 1 spiro atoms. The van der Waals surface area contributed by atoms with Crippen LogP contribution in [-0.4, -0.2) is 77.4 Å². The summed E-state index contributed by atoms with van der Waals surface area (Å²) in [5, 5.41) is 19.1. The molecule has 3 saturated heterocycles. The van der Waals surface area contributed by atoms with E-state index >= 15 is 0 Å². The third-order valence-electron chi connectivity index (χ3n) is 6.84. The summed E-state index contributed by atoms with van der Waals surface area (Å²) < 4.78 is 11.4. The molecule has 0 saturated carbocycles. The highest BCUT2D eigenvalue weighted by Crippen LogP contribution is 2.58. The summed E-state index contributed by atoms with van der Waals surface area (Å²) in [7, 11) is 1.55. The molecule has 0 aromatic heterocycles. The minimum absolute atomic E-state index is 0.148. The number of amides is 2. The van der Waals surface area contributed by atoms with Gasteiger partial charge in [0.05, 0.1) is 25.0 Å². The standard InChI is InChI=1S/C23H28N2O7/c1-3-11-24(14-5-7-15(31-2)8-6-14)21(28)19-23-10-9-16(32-23)17(22(29)30)18(23)20(27)25(19)12-4-13-26/h3,5-8,16-19,26H,1,4,9-13H2,2H3,(H,29,30)/t16-,17+,18+,19-,23+/m0/s1. The van der Waals surface area contributed by atoms with Crippen molar-refractivity contribution in [3.05, 3.63) is 36.9 Å². The Bertz CT molecular complexity index is 917. The van der Waals surface area contributed by atoms with Crippen molar-refractivity contribution in [3.63, 3.8) is 0 Å². The highest BCUT2D eigenvalue weighted by Gasteiger charge is 2.74. The smallest absolute Gasteiger partial charge is 0.310 e. The number of ether oxygens (including phenoxy) is 2. The Balaban J connectivity index is 1.75. The summed E-state index contributed by atoms with van der Waals surface area (Å²) in [5.74, 6) is -3.06. The molecule has 2 amide bonds. The van der Waals surface area contributed by atoms with Crippen LogP contribution in [-0.2, 0) is 19.1 Å². The van der Waals surface area contributed by atoms with Crippen LogP contribution in [0.2, 0.25) is 0 Å². The van der Waals surface area contributed by atoms with E-state index in [1.165, 1.54) is 9.80 Å². The average molecular weight is 444 g/mol. The molecular weight excluding hydrogens is 416 g/mol. The van der Waals surface area contributed by atoms with Gasteiger partial charge in [-0.1, -0.05) is 6.08 Å². The number of benzene rings is 1. The van der Waals surface area contributed by atoms with Gasteiger partial charge >= 0.3 is 5.97 Å². The van der Waals surface area contributed by atoms with Gasteiger partial charge < -0.3 is 29.5 Å². The molecule has 172 valence electrons. The number of rotatable bonds is 9. The fraction of sp³-hybridized carbons (Fsp3) is 0.522. The number of anilines is 1. The zero-order valence-electron chi connectivity index (χ0n) is 18.0. The zero-order valence-corrected chi connectivity index (χ0v) is 18.0. The number of fused-ring (bicyclic) bond motifs is 1. The number of aliphatic hydroxyl groups is 1. The molecule has 1 aromatic carbocycles. The van der Waals surface area contributed by atoms with Crippen LogP contribution in [0.25, 0.3) is 0 Å². The molecule has 3 aliphatic rings. The number of likely N-dealkylation sites (tertiary alicyclic amines) is 1. The quantitative estimate of drug-likeness (QED) is 0.547. The molecule has 3 fully saturated rings. The third-order valence-corrected chi connectivity index (χ3v) is 6.84. The molecule has 32 heavy (non-hydrogen) atoms. The molecule has 2 N–H and O–H groups in total. The third kappa shape index (κ3) is 3.27. The summed E-state index contributed by atoms with van der Waals surface area (Å²) >= 11 is 0. The van der Waals surface area contributed by atoms with Crippen LogP contribution >= 0.6 is 0 Å². The highest BCUT2D eigenvalue weighted by atomic mass is 16.5. The van der Waals surface area contributed by atoms with Crippen LogP contribution in [0.5, 0.6) is 5.75 Å². The number of hydrogen-bond donors (Lipinski definition) is 2. The number of carboxylic acid groups (broad SMARTS) is 1. The van der Waals surface area contributed by atoms with Gasteiger partial charge in [-0.2, -0.15) is 0 Å². The SMILES string of the molecule is C=CCN(C(=O)[C@@H]1N(CCCO)C(=O)[C@H]2[C@H](C(=O)O)[C@@H]3CC[C@]12O3)c1ccc(OC)cc1. The number of carbonyl (C=O) groups excluding carboxylic acids is 2. The van der Waals surface area contributed by atoms with E-state index in [4.69, 9.17) is 9.47 Å². The van der Waals surface area contributed by atoms with Gasteiger partial charge in [-0.3, -0.25) is 14.4 Å². The van der Waals surface area contributed by atoms with Crippen molar-refractivity contribution >= 4 is 23.5 Å². The highest BCUT2D eigenvalue weighted by molar-refractivity contribution is 6.04. The van der Waals surface area contributed by atoms with Gasteiger partial charge in [0, 0.05) is 25.4 Å². The summed E-state index contributed by atoms with van der Waals surface area (Å²) in [5.41, 5.74) is -0.573. The Hall–Kier alpha value is -2.91. The van der Waals surface area contributed by atoms with Crippen LogP contribution in [0.4, 0.5) is 5.69 Å². The molecule has 3 heterocycles. The Morgan fingerprint density at radius 3 is 2.69 bits per heavy atom. The lowest BCUT2D eigenvalue weighted by atomic mass is 9.70. The van der Waals surface area contributed by atoms with Gasteiger partial charge in [0.25, 0.3) is 5.91 Å². The molecule has 0 radical (unpaired) electrons. The molecule has 5 atom stereocenters. The van der Waals surface area contributed by atoms with E-state index in [2.05, 4.69) is 6.58 Å². The van der Waals surface area contributed by atoms with E-state index in [1.807, 2.05) is 0 Å². The van der Waals surface area contributed by atoms with Gasteiger partial charge in [0.2, 0.25) is 5.91 Å². The van der Waals surface area contributed by atoms with E-state index in [1.54, 1.807) is 37.5 Å². The number of methoxy groups -OCH3 is 1. The summed E-state index contributed by atoms with van der Waals surface area (Å²) in [6.45, 7) is 3.96. The van der Waals surface area contributed by atoms with Crippen molar-refractivity contribution < 1.29 is 34.1 Å². The van der Waals surface area contributed by atoms with Gasteiger partial charge in [0.1, 0.15) is 17.4 Å². The first-order valence-corrected chi connectivity index (χ1v) is 10.8. The Labute approximate surface area is 186 Å². The fourth-order valence-electron chi connectivity index (χ4n) is 5.56. The van der Waals surface area contributed by atoms with Crippen molar-refractivity contribution in [1.82, 2.24) is 4.90 Å². The first-order chi connectivity index (χ1) is 15.4. The van der Waals surface area contributed by atoms with Gasteiger partial charge in [0.15, 0.2) is 0 Å². The van der Waals surface area contributed by atoms with Crippen LogP contribution in [0.15, 0.2) is 36.9 Å². The van der Waals surface area contributed by atoms with E-state index in [9.17, 15) is 24.6 Å². The molecule has 9 heteroatoms. The van der Waals surface area contributed by atoms with Crippen LogP contribution < -0.4 is 9.64 Å². The molecule has 2 bridgehead atoms. The zero-order chi connectivity index (χ0) is 23.0. The maximum absolute atomic E-state index is 14.0. The number of carboxylic acids is 1. The number of carbonyl (C=O) groups is 3. The van der Waals surface area contributed by atoms with E-state index in [0.29, 0.717) is 24.3 Å². The molecule has 0 aliphatic carbocycles.